The quantitative estimate of drug-likeness (QED) is 0.513. The lowest BCUT2D eigenvalue weighted by atomic mass is 10.1. The summed E-state index contributed by atoms with van der Waals surface area (Å²) in [4.78, 5) is 35.8. The van der Waals surface area contributed by atoms with Gasteiger partial charge in [-0.25, -0.2) is 9.59 Å². The first-order valence-electron chi connectivity index (χ1n) is 8.84. The van der Waals surface area contributed by atoms with E-state index in [-0.39, 0.29) is 23.5 Å². The number of carbonyl (C=O) groups is 3. The highest BCUT2D eigenvalue weighted by Gasteiger charge is 2.15. The maximum absolute atomic E-state index is 12.2. The van der Waals surface area contributed by atoms with E-state index >= 15 is 0 Å². The summed E-state index contributed by atoms with van der Waals surface area (Å²) in [6.07, 6.45) is 0.677. The number of halogens is 1. The van der Waals surface area contributed by atoms with Crippen LogP contribution in [0.2, 0.25) is 5.02 Å². The summed E-state index contributed by atoms with van der Waals surface area (Å²) < 4.78 is 15.0. The van der Waals surface area contributed by atoms with E-state index in [0.717, 1.165) is 5.56 Å². The number of ether oxygens (including phenoxy) is 3. The molecule has 29 heavy (non-hydrogen) atoms. The molecule has 0 saturated carbocycles. The molecule has 0 radical (unpaired) electrons. The zero-order valence-electron chi connectivity index (χ0n) is 16.4. The maximum atomic E-state index is 12.2. The SMILES string of the molecule is COC(=O)c1cc(NC(=O)CCCOc2ccc(Cl)c(C)c2)cc(C(=O)OC)c1. The lowest BCUT2D eigenvalue weighted by Gasteiger charge is -2.10. The summed E-state index contributed by atoms with van der Waals surface area (Å²) in [6, 6.07) is 9.56. The molecule has 0 saturated heterocycles. The first kappa shape index (κ1) is 22.2. The van der Waals surface area contributed by atoms with Crippen LogP contribution >= 0.6 is 11.6 Å². The molecule has 0 spiro atoms. The third-order valence-corrected chi connectivity index (χ3v) is 4.43. The smallest absolute Gasteiger partial charge is 0.337 e. The molecule has 154 valence electrons. The van der Waals surface area contributed by atoms with Crippen molar-refractivity contribution in [2.75, 3.05) is 26.1 Å². The van der Waals surface area contributed by atoms with E-state index in [4.69, 9.17) is 16.3 Å². The second-order valence-corrected chi connectivity index (χ2v) is 6.60. The molecule has 2 aromatic carbocycles. The Hall–Kier alpha value is -3.06. The molecule has 0 heterocycles. The van der Waals surface area contributed by atoms with E-state index in [2.05, 4.69) is 14.8 Å². The Morgan fingerprint density at radius 3 is 2.14 bits per heavy atom. The molecule has 0 aliphatic rings. The molecule has 0 unspecified atom stereocenters. The van der Waals surface area contributed by atoms with Crippen LogP contribution in [0.3, 0.4) is 0 Å². The average Bonchev–Trinajstić information content (AvgIpc) is 2.72. The minimum Gasteiger partial charge on any atom is -0.494 e. The van der Waals surface area contributed by atoms with E-state index in [1.54, 1.807) is 12.1 Å². The standard InChI is InChI=1S/C21H22ClNO6/c1-13-9-17(6-7-18(13)22)29-8-4-5-19(24)23-16-11-14(20(25)27-2)10-15(12-16)21(26)28-3/h6-7,9-12H,4-5,8H2,1-3H3,(H,23,24). The van der Waals surface area contributed by atoms with Crippen molar-refractivity contribution in [3.63, 3.8) is 0 Å². The van der Waals surface area contributed by atoms with E-state index in [1.165, 1.54) is 32.4 Å². The van der Waals surface area contributed by atoms with Crippen LogP contribution in [-0.2, 0) is 14.3 Å². The predicted molar refractivity (Wildman–Crippen MR) is 109 cm³/mol. The van der Waals surface area contributed by atoms with Crippen molar-refractivity contribution in [2.24, 2.45) is 0 Å². The van der Waals surface area contributed by atoms with Crippen LogP contribution in [0, 0.1) is 6.92 Å². The largest absolute Gasteiger partial charge is 0.494 e. The summed E-state index contributed by atoms with van der Waals surface area (Å²) in [5.74, 6) is -0.852. The number of nitrogens with one attached hydrogen (secondary N) is 1. The fourth-order valence-electron chi connectivity index (χ4n) is 2.52. The Morgan fingerprint density at radius 2 is 1.59 bits per heavy atom. The second-order valence-electron chi connectivity index (χ2n) is 6.19. The van der Waals surface area contributed by atoms with Gasteiger partial charge in [-0.3, -0.25) is 4.79 Å². The Labute approximate surface area is 173 Å². The molecule has 2 rings (SSSR count). The third kappa shape index (κ3) is 6.50. The van der Waals surface area contributed by atoms with Gasteiger partial charge in [0.2, 0.25) is 5.91 Å². The number of hydrogen-bond donors (Lipinski definition) is 1. The highest BCUT2D eigenvalue weighted by Crippen LogP contribution is 2.21. The van der Waals surface area contributed by atoms with Gasteiger partial charge in [0.25, 0.3) is 0 Å². The lowest BCUT2D eigenvalue weighted by molar-refractivity contribution is -0.116. The maximum Gasteiger partial charge on any atom is 0.337 e. The van der Waals surface area contributed by atoms with E-state index in [0.29, 0.717) is 29.5 Å². The van der Waals surface area contributed by atoms with E-state index in [1.807, 2.05) is 13.0 Å². The minimum absolute atomic E-state index is 0.132. The van der Waals surface area contributed by atoms with Crippen molar-refractivity contribution in [2.45, 2.75) is 19.8 Å². The monoisotopic (exact) mass is 419 g/mol. The van der Waals surface area contributed by atoms with Gasteiger partial charge in [-0.15, -0.1) is 0 Å². The van der Waals surface area contributed by atoms with Crippen LogP contribution in [0.15, 0.2) is 36.4 Å². The fourth-order valence-corrected chi connectivity index (χ4v) is 2.64. The Kier molecular flexibility index (Phi) is 8.03. The summed E-state index contributed by atoms with van der Waals surface area (Å²) in [5.41, 5.74) is 1.47. The first-order valence-corrected chi connectivity index (χ1v) is 9.22. The normalized spacial score (nSPS) is 10.2. The highest BCUT2D eigenvalue weighted by molar-refractivity contribution is 6.31. The molecule has 0 aliphatic heterocycles. The summed E-state index contributed by atoms with van der Waals surface area (Å²) >= 11 is 5.97. The van der Waals surface area contributed by atoms with Gasteiger partial charge in [0.1, 0.15) is 5.75 Å². The van der Waals surface area contributed by atoms with Gasteiger partial charge >= 0.3 is 11.9 Å². The van der Waals surface area contributed by atoms with Gasteiger partial charge in [-0.1, -0.05) is 11.6 Å². The molecule has 0 aliphatic carbocycles. The first-order chi connectivity index (χ1) is 13.8. The van der Waals surface area contributed by atoms with Gasteiger partial charge in [0.05, 0.1) is 32.0 Å². The molecule has 7 nitrogen and oxygen atoms in total. The second kappa shape index (κ2) is 10.5. The summed E-state index contributed by atoms with van der Waals surface area (Å²) in [5, 5.41) is 3.33. The number of hydrogen-bond acceptors (Lipinski definition) is 6. The van der Waals surface area contributed by atoms with Crippen LogP contribution in [0.5, 0.6) is 5.75 Å². The van der Waals surface area contributed by atoms with Gasteiger partial charge in [-0.05, 0) is 55.3 Å². The number of anilines is 1. The van der Waals surface area contributed by atoms with Crippen molar-refractivity contribution < 1.29 is 28.6 Å². The Balaban J connectivity index is 1.94. The van der Waals surface area contributed by atoms with Crippen molar-refractivity contribution in [1.29, 1.82) is 0 Å². The number of amides is 1. The van der Waals surface area contributed by atoms with E-state index in [9.17, 15) is 14.4 Å². The van der Waals surface area contributed by atoms with Gasteiger partial charge in [0, 0.05) is 17.1 Å². The number of carbonyl (C=O) groups excluding carboxylic acids is 3. The zero-order chi connectivity index (χ0) is 21.4. The Morgan fingerprint density at radius 1 is 0.966 bits per heavy atom. The van der Waals surface area contributed by atoms with Crippen molar-refractivity contribution in [3.05, 3.63) is 58.1 Å². The number of benzene rings is 2. The van der Waals surface area contributed by atoms with Crippen LogP contribution in [0.25, 0.3) is 0 Å². The molecular formula is C21H22ClNO6. The van der Waals surface area contributed by atoms with Crippen molar-refractivity contribution >= 4 is 35.1 Å². The molecule has 0 fully saturated rings. The van der Waals surface area contributed by atoms with E-state index < -0.39 is 11.9 Å². The highest BCUT2D eigenvalue weighted by atomic mass is 35.5. The molecule has 0 aromatic heterocycles. The number of methoxy groups -OCH3 is 2. The number of aryl methyl sites for hydroxylation is 1. The number of esters is 2. The van der Waals surface area contributed by atoms with Crippen LogP contribution in [0.1, 0.15) is 39.1 Å². The molecule has 1 N–H and O–H groups in total. The lowest BCUT2D eigenvalue weighted by Crippen LogP contribution is -2.15. The number of rotatable bonds is 8. The topological polar surface area (TPSA) is 90.9 Å². The van der Waals surface area contributed by atoms with Gasteiger partial charge in [0.15, 0.2) is 0 Å². The van der Waals surface area contributed by atoms with Crippen LogP contribution < -0.4 is 10.1 Å². The molecular weight excluding hydrogens is 398 g/mol. The molecule has 0 bridgehead atoms. The van der Waals surface area contributed by atoms with Crippen molar-refractivity contribution in [1.82, 2.24) is 0 Å². The van der Waals surface area contributed by atoms with Crippen LogP contribution in [-0.4, -0.2) is 38.7 Å². The molecule has 0 atom stereocenters. The summed E-state index contributed by atoms with van der Waals surface area (Å²) in [6.45, 7) is 2.23. The van der Waals surface area contributed by atoms with Gasteiger partial charge in [-0.2, -0.15) is 0 Å². The molecule has 8 heteroatoms. The summed E-state index contributed by atoms with van der Waals surface area (Å²) in [7, 11) is 2.46. The molecule has 1 amide bonds. The predicted octanol–water partition coefficient (Wildman–Crippen LogP) is 4.02. The van der Waals surface area contributed by atoms with Crippen molar-refractivity contribution in [3.8, 4) is 5.75 Å². The zero-order valence-corrected chi connectivity index (χ0v) is 17.2. The Bertz CT molecular complexity index is 878. The third-order valence-electron chi connectivity index (χ3n) is 4.01. The fraction of sp³-hybridized carbons (Fsp3) is 0.286. The minimum atomic E-state index is -0.627. The van der Waals surface area contributed by atoms with Gasteiger partial charge < -0.3 is 19.5 Å². The van der Waals surface area contributed by atoms with Crippen LogP contribution in [0.4, 0.5) is 5.69 Å². The molecule has 2 aromatic rings. The average molecular weight is 420 g/mol.